The first-order valence-corrected chi connectivity index (χ1v) is 17.1. The first kappa shape index (κ1) is 40.0. The summed E-state index contributed by atoms with van der Waals surface area (Å²) in [4.78, 5) is 17.3. The van der Waals surface area contributed by atoms with Gasteiger partial charge in [-0.15, -0.1) is 24.8 Å². The van der Waals surface area contributed by atoms with Gasteiger partial charge in [-0.05, 0) is 69.0 Å². The Morgan fingerprint density at radius 1 is 0.673 bits per heavy atom. The SMILES string of the molecule is CC(C)(C)OC(=O)N[C@H]1CN(Cc2ccccc2)CCC1c1ccccc1.Cl.Cl.N[C@H]1CN(Cc2ccccc2)CCC1c1ccccc1. The second-order valence-corrected chi connectivity index (χ2v) is 14.0. The maximum Gasteiger partial charge on any atom is 0.407 e. The number of ether oxygens (including phenoxy) is 1. The molecular formula is C41H54Cl2N4O2. The van der Waals surface area contributed by atoms with Gasteiger partial charge in [0.05, 0.1) is 6.04 Å². The number of amides is 1. The average Bonchev–Trinajstić information content (AvgIpc) is 3.06. The molecule has 2 heterocycles. The lowest BCUT2D eigenvalue weighted by molar-refractivity contribution is 0.0455. The highest BCUT2D eigenvalue weighted by Crippen LogP contribution is 2.30. The summed E-state index contributed by atoms with van der Waals surface area (Å²) in [6.45, 7) is 11.5. The maximum absolute atomic E-state index is 12.4. The monoisotopic (exact) mass is 704 g/mol. The number of rotatable bonds is 7. The van der Waals surface area contributed by atoms with Crippen molar-refractivity contribution < 1.29 is 9.53 Å². The Kier molecular flexibility index (Phi) is 16.1. The van der Waals surface area contributed by atoms with Crippen molar-refractivity contribution in [3.8, 4) is 0 Å². The van der Waals surface area contributed by atoms with Gasteiger partial charge in [0.2, 0.25) is 0 Å². The number of piperidine rings is 2. The van der Waals surface area contributed by atoms with Crippen LogP contribution in [0.3, 0.4) is 0 Å². The third-order valence-electron chi connectivity index (χ3n) is 9.09. The van der Waals surface area contributed by atoms with E-state index in [1.807, 2.05) is 32.9 Å². The summed E-state index contributed by atoms with van der Waals surface area (Å²) in [5.41, 5.74) is 11.3. The van der Waals surface area contributed by atoms with Crippen molar-refractivity contribution in [2.75, 3.05) is 26.2 Å². The molecule has 6 rings (SSSR count). The molecule has 264 valence electrons. The van der Waals surface area contributed by atoms with Crippen LogP contribution >= 0.6 is 24.8 Å². The molecule has 0 aliphatic carbocycles. The number of carbonyl (C=O) groups excluding carboxylic acids is 1. The summed E-state index contributed by atoms with van der Waals surface area (Å²) in [5, 5.41) is 3.14. The first-order chi connectivity index (χ1) is 22.7. The lowest BCUT2D eigenvalue weighted by Gasteiger charge is -2.39. The molecule has 3 N–H and O–H groups in total. The topological polar surface area (TPSA) is 70.8 Å². The number of hydrogen-bond acceptors (Lipinski definition) is 5. The van der Waals surface area contributed by atoms with Crippen LogP contribution in [0.15, 0.2) is 121 Å². The Balaban J connectivity index is 0.000000265. The summed E-state index contributed by atoms with van der Waals surface area (Å²) in [7, 11) is 0. The number of nitrogens with two attached hydrogens (primary N) is 1. The summed E-state index contributed by atoms with van der Waals surface area (Å²) < 4.78 is 5.51. The van der Waals surface area contributed by atoms with E-state index < -0.39 is 5.60 Å². The van der Waals surface area contributed by atoms with E-state index in [-0.39, 0.29) is 43.0 Å². The van der Waals surface area contributed by atoms with E-state index in [0.29, 0.717) is 11.8 Å². The van der Waals surface area contributed by atoms with Crippen molar-refractivity contribution in [3.05, 3.63) is 144 Å². The third kappa shape index (κ3) is 12.8. The lowest BCUT2D eigenvalue weighted by Crippen LogP contribution is -2.52. The summed E-state index contributed by atoms with van der Waals surface area (Å²) in [6.07, 6.45) is 1.82. The van der Waals surface area contributed by atoms with Crippen LogP contribution in [0.1, 0.15) is 67.7 Å². The molecule has 0 radical (unpaired) electrons. The Hall–Kier alpha value is -3.39. The van der Waals surface area contributed by atoms with Gasteiger partial charge in [-0.2, -0.15) is 0 Å². The molecule has 2 aliphatic heterocycles. The van der Waals surface area contributed by atoms with E-state index in [2.05, 4.69) is 124 Å². The molecule has 2 saturated heterocycles. The van der Waals surface area contributed by atoms with Crippen LogP contribution in [0.25, 0.3) is 0 Å². The highest BCUT2D eigenvalue weighted by Gasteiger charge is 2.33. The number of likely N-dealkylation sites (tertiary alicyclic amines) is 2. The zero-order valence-corrected chi connectivity index (χ0v) is 30.8. The highest BCUT2D eigenvalue weighted by molar-refractivity contribution is 5.85. The standard InChI is InChI=1S/C23H30N2O2.C18H22N2.2ClH/c1-23(2,3)27-22(26)24-21-17-25(16-18-10-6-4-7-11-18)15-14-20(21)19-12-8-5-9-13-19;19-18-14-20(13-15-7-3-1-4-8-15)12-11-17(18)16-9-5-2-6-10-16;;/h4-13,20-21H,14-17H2,1-3H3,(H,24,26);1-10,17-18H,11-14,19H2;2*1H/t20?,21-;17?,18-;;/m00../s1. The highest BCUT2D eigenvalue weighted by atomic mass is 35.5. The Labute approximate surface area is 306 Å². The van der Waals surface area contributed by atoms with Crippen LogP contribution in [-0.2, 0) is 17.8 Å². The fourth-order valence-electron chi connectivity index (χ4n) is 6.86. The predicted octanol–water partition coefficient (Wildman–Crippen LogP) is 8.42. The summed E-state index contributed by atoms with van der Waals surface area (Å²) in [6, 6.07) is 42.6. The van der Waals surface area contributed by atoms with Crippen molar-refractivity contribution >= 4 is 30.9 Å². The van der Waals surface area contributed by atoms with Crippen LogP contribution in [0.4, 0.5) is 4.79 Å². The molecule has 4 aromatic rings. The van der Waals surface area contributed by atoms with Gasteiger partial charge >= 0.3 is 6.09 Å². The average molecular weight is 706 g/mol. The van der Waals surface area contributed by atoms with Crippen molar-refractivity contribution in [2.45, 2.75) is 76.2 Å². The van der Waals surface area contributed by atoms with Crippen LogP contribution in [0, 0.1) is 0 Å². The van der Waals surface area contributed by atoms with E-state index in [9.17, 15) is 4.79 Å². The van der Waals surface area contributed by atoms with E-state index in [1.165, 1.54) is 22.3 Å². The number of carbonyl (C=O) groups is 1. The summed E-state index contributed by atoms with van der Waals surface area (Å²) in [5.74, 6) is 0.800. The molecule has 4 aromatic carbocycles. The smallest absolute Gasteiger partial charge is 0.407 e. The second-order valence-electron chi connectivity index (χ2n) is 14.0. The Morgan fingerprint density at radius 2 is 1.08 bits per heavy atom. The van der Waals surface area contributed by atoms with Gasteiger partial charge in [0, 0.05) is 44.1 Å². The number of benzene rings is 4. The van der Waals surface area contributed by atoms with Gasteiger partial charge in [0.1, 0.15) is 5.60 Å². The molecule has 1 amide bonds. The van der Waals surface area contributed by atoms with E-state index in [1.54, 1.807) is 0 Å². The van der Waals surface area contributed by atoms with E-state index in [0.717, 1.165) is 52.1 Å². The number of halogens is 2. The molecule has 2 aliphatic rings. The molecule has 0 aromatic heterocycles. The third-order valence-corrected chi connectivity index (χ3v) is 9.09. The quantitative estimate of drug-likeness (QED) is 0.202. The van der Waals surface area contributed by atoms with Crippen LogP contribution < -0.4 is 11.1 Å². The number of alkyl carbamates (subject to hydrolysis) is 1. The second kappa shape index (κ2) is 19.7. The normalized spacial score (nSPS) is 21.1. The van der Waals surface area contributed by atoms with Crippen molar-refractivity contribution in [2.24, 2.45) is 5.73 Å². The zero-order chi connectivity index (χ0) is 33.1. The van der Waals surface area contributed by atoms with E-state index in [4.69, 9.17) is 10.5 Å². The first-order valence-electron chi connectivity index (χ1n) is 17.1. The molecule has 0 saturated carbocycles. The Bertz CT molecular complexity index is 1490. The van der Waals surface area contributed by atoms with Crippen molar-refractivity contribution in [3.63, 3.8) is 0 Å². The molecule has 2 unspecified atom stereocenters. The van der Waals surface area contributed by atoms with Crippen molar-refractivity contribution in [1.29, 1.82) is 0 Å². The largest absolute Gasteiger partial charge is 0.444 e. The molecule has 2 fully saturated rings. The van der Waals surface area contributed by atoms with Crippen LogP contribution in [-0.4, -0.2) is 59.8 Å². The zero-order valence-electron chi connectivity index (χ0n) is 29.1. The van der Waals surface area contributed by atoms with Gasteiger partial charge in [0.15, 0.2) is 0 Å². The van der Waals surface area contributed by atoms with Crippen molar-refractivity contribution in [1.82, 2.24) is 15.1 Å². The van der Waals surface area contributed by atoms with Gasteiger partial charge in [-0.1, -0.05) is 121 Å². The fraction of sp³-hybridized carbons (Fsp3) is 0.390. The van der Waals surface area contributed by atoms with Gasteiger partial charge in [-0.25, -0.2) is 4.79 Å². The minimum absolute atomic E-state index is 0. The Morgan fingerprint density at radius 3 is 1.53 bits per heavy atom. The molecular weight excluding hydrogens is 651 g/mol. The molecule has 0 spiro atoms. The van der Waals surface area contributed by atoms with Gasteiger partial charge in [-0.3, -0.25) is 9.80 Å². The molecule has 49 heavy (non-hydrogen) atoms. The lowest BCUT2D eigenvalue weighted by atomic mass is 9.85. The predicted molar refractivity (Wildman–Crippen MR) is 207 cm³/mol. The van der Waals surface area contributed by atoms with E-state index >= 15 is 0 Å². The minimum atomic E-state index is -0.495. The van der Waals surface area contributed by atoms with Gasteiger partial charge < -0.3 is 15.8 Å². The number of nitrogens with zero attached hydrogens (tertiary/aromatic N) is 2. The van der Waals surface area contributed by atoms with Gasteiger partial charge in [0.25, 0.3) is 0 Å². The minimum Gasteiger partial charge on any atom is -0.444 e. The molecule has 6 nitrogen and oxygen atoms in total. The fourth-order valence-corrected chi connectivity index (χ4v) is 6.86. The van der Waals surface area contributed by atoms with Crippen LogP contribution in [0.2, 0.25) is 0 Å². The molecule has 4 atom stereocenters. The summed E-state index contributed by atoms with van der Waals surface area (Å²) >= 11 is 0. The number of hydrogen-bond donors (Lipinski definition) is 2. The molecule has 8 heteroatoms. The molecule has 0 bridgehead atoms. The maximum atomic E-state index is 12.4. The number of nitrogens with one attached hydrogen (secondary N) is 1. The van der Waals surface area contributed by atoms with Crippen LogP contribution in [0.5, 0.6) is 0 Å².